The predicted octanol–water partition coefficient (Wildman–Crippen LogP) is 3.32. The molecule has 1 aliphatic rings. The minimum atomic E-state index is -0.669. The van der Waals surface area contributed by atoms with Crippen molar-refractivity contribution in [2.45, 2.75) is 45.2 Å². The first kappa shape index (κ1) is 14.1. The lowest BCUT2D eigenvalue weighted by molar-refractivity contribution is -0.138. The van der Waals surface area contributed by atoms with Crippen LogP contribution in [0.5, 0.6) is 0 Å². The van der Waals surface area contributed by atoms with Gasteiger partial charge >= 0.3 is 5.97 Å². The molecule has 3 atom stereocenters. The van der Waals surface area contributed by atoms with E-state index in [2.05, 4.69) is 43.0 Å². The number of aliphatic carboxylic acids is 1. The summed E-state index contributed by atoms with van der Waals surface area (Å²) >= 11 is 0. The minimum absolute atomic E-state index is 0.300. The molecule has 1 aromatic rings. The summed E-state index contributed by atoms with van der Waals surface area (Å²) in [6.07, 6.45) is 2.33. The monoisotopic (exact) mass is 261 g/mol. The van der Waals surface area contributed by atoms with Gasteiger partial charge < -0.3 is 5.11 Å². The van der Waals surface area contributed by atoms with E-state index in [-0.39, 0.29) is 0 Å². The third kappa shape index (κ3) is 3.16. The van der Waals surface area contributed by atoms with E-state index in [4.69, 9.17) is 5.11 Å². The van der Waals surface area contributed by atoms with Gasteiger partial charge in [0, 0.05) is 18.5 Å². The Labute approximate surface area is 115 Å². The van der Waals surface area contributed by atoms with Crippen LogP contribution in [0.25, 0.3) is 0 Å². The fraction of sp³-hybridized carbons (Fsp3) is 0.562. The first-order valence-corrected chi connectivity index (χ1v) is 7.16. The van der Waals surface area contributed by atoms with Crippen molar-refractivity contribution in [3.05, 3.63) is 35.9 Å². The summed E-state index contributed by atoms with van der Waals surface area (Å²) in [6, 6.07) is 11.2. The number of nitrogens with zero attached hydrogens (tertiary/aromatic N) is 1. The molecule has 3 nitrogen and oxygen atoms in total. The first-order chi connectivity index (χ1) is 9.13. The Hall–Kier alpha value is -1.35. The molecule has 3 heteroatoms. The molecule has 19 heavy (non-hydrogen) atoms. The fourth-order valence-corrected chi connectivity index (χ4v) is 3.38. The average Bonchev–Trinajstić information content (AvgIpc) is 2.80. The zero-order chi connectivity index (χ0) is 13.8. The number of hydrogen-bond acceptors (Lipinski definition) is 2. The maximum Gasteiger partial charge on any atom is 0.303 e. The predicted molar refractivity (Wildman–Crippen MR) is 76.0 cm³/mol. The van der Waals surface area contributed by atoms with Crippen molar-refractivity contribution < 1.29 is 9.90 Å². The summed E-state index contributed by atoms with van der Waals surface area (Å²) in [6.45, 7) is 5.39. The van der Waals surface area contributed by atoms with Crippen molar-refractivity contribution >= 4 is 5.97 Å². The van der Waals surface area contributed by atoms with Gasteiger partial charge in [-0.3, -0.25) is 9.69 Å². The maximum atomic E-state index is 10.9. The van der Waals surface area contributed by atoms with E-state index in [1.54, 1.807) is 0 Å². The molecule has 1 N–H and O–H groups in total. The van der Waals surface area contributed by atoms with Crippen LogP contribution in [0.4, 0.5) is 0 Å². The number of likely N-dealkylation sites (tertiary alicyclic amines) is 1. The van der Waals surface area contributed by atoms with Crippen molar-refractivity contribution in [1.82, 2.24) is 4.90 Å². The summed E-state index contributed by atoms with van der Waals surface area (Å²) in [4.78, 5) is 13.4. The molecule has 1 unspecified atom stereocenters. The van der Waals surface area contributed by atoms with Crippen LogP contribution in [0.3, 0.4) is 0 Å². The van der Waals surface area contributed by atoms with Gasteiger partial charge in [-0.25, -0.2) is 0 Å². The second-order valence-electron chi connectivity index (χ2n) is 5.45. The van der Waals surface area contributed by atoms with Crippen molar-refractivity contribution in [1.29, 1.82) is 0 Å². The van der Waals surface area contributed by atoms with E-state index >= 15 is 0 Å². The first-order valence-electron chi connectivity index (χ1n) is 7.16. The van der Waals surface area contributed by atoms with E-state index < -0.39 is 5.97 Å². The van der Waals surface area contributed by atoms with Gasteiger partial charge in [-0.1, -0.05) is 37.3 Å². The summed E-state index contributed by atoms with van der Waals surface area (Å²) in [5, 5.41) is 9.01. The van der Waals surface area contributed by atoms with E-state index in [0.717, 1.165) is 19.4 Å². The average molecular weight is 261 g/mol. The van der Waals surface area contributed by atoms with Gasteiger partial charge in [-0.15, -0.1) is 0 Å². The summed E-state index contributed by atoms with van der Waals surface area (Å²) < 4.78 is 0. The Morgan fingerprint density at radius 2 is 2.11 bits per heavy atom. The smallest absolute Gasteiger partial charge is 0.303 e. The van der Waals surface area contributed by atoms with E-state index in [1.165, 1.54) is 5.56 Å². The minimum Gasteiger partial charge on any atom is -0.481 e. The summed E-state index contributed by atoms with van der Waals surface area (Å²) in [5.41, 5.74) is 1.32. The van der Waals surface area contributed by atoms with E-state index in [0.29, 0.717) is 24.4 Å². The molecule has 0 aromatic heterocycles. The number of rotatable bonds is 5. The van der Waals surface area contributed by atoms with Gasteiger partial charge in [0.25, 0.3) is 0 Å². The van der Waals surface area contributed by atoms with Crippen LogP contribution in [-0.2, 0) is 4.79 Å². The van der Waals surface area contributed by atoms with Gasteiger partial charge in [-0.2, -0.15) is 0 Å². The fourth-order valence-electron chi connectivity index (χ4n) is 3.38. The largest absolute Gasteiger partial charge is 0.481 e. The molecule has 1 aliphatic heterocycles. The highest BCUT2D eigenvalue weighted by atomic mass is 16.4. The van der Waals surface area contributed by atoms with Crippen LogP contribution in [0.2, 0.25) is 0 Å². The molecule has 0 saturated carbocycles. The molecule has 2 rings (SSSR count). The van der Waals surface area contributed by atoms with Gasteiger partial charge in [0.1, 0.15) is 0 Å². The van der Waals surface area contributed by atoms with Gasteiger partial charge in [0.15, 0.2) is 0 Å². The number of carboxylic acids is 1. The van der Waals surface area contributed by atoms with Crippen LogP contribution >= 0.6 is 0 Å². The van der Waals surface area contributed by atoms with Crippen LogP contribution in [0.1, 0.15) is 44.7 Å². The van der Waals surface area contributed by atoms with Gasteiger partial charge in [-0.05, 0) is 37.8 Å². The third-order valence-electron chi connectivity index (χ3n) is 4.36. The molecule has 0 spiro atoms. The molecular formula is C16H23NO2. The number of carbonyl (C=O) groups is 1. The quantitative estimate of drug-likeness (QED) is 0.884. The number of carboxylic acid groups (broad SMARTS) is 1. The molecule has 1 heterocycles. The second kappa shape index (κ2) is 6.20. The Kier molecular flexibility index (Phi) is 4.59. The second-order valence-corrected chi connectivity index (χ2v) is 5.45. The zero-order valence-corrected chi connectivity index (χ0v) is 11.7. The molecule has 0 radical (unpaired) electrons. The molecule has 0 amide bonds. The topological polar surface area (TPSA) is 40.5 Å². The van der Waals surface area contributed by atoms with Crippen LogP contribution in [-0.4, -0.2) is 28.6 Å². The van der Waals surface area contributed by atoms with Gasteiger partial charge in [0.2, 0.25) is 0 Å². The van der Waals surface area contributed by atoms with Crippen molar-refractivity contribution in [2.24, 2.45) is 5.92 Å². The lowest BCUT2D eigenvalue weighted by Crippen LogP contribution is -2.35. The Bertz CT molecular complexity index is 418. The van der Waals surface area contributed by atoms with Crippen LogP contribution in [0.15, 0.2) is 30.3 Å². The van der Waals surface area contributed by atoms with Crippen LogP contribution < -0.4 is 0 Å². The SMILES string of the molecule is CCC1[C@@H](CC(=O)O)CCN1[C@H](C)c1ccccc1. The summed E-state index contributed by atoms with van der Waals surface area (Å²) in [5.74, 6) is -0.369. The number of hydrogen-bond donors (Lipinski definition) is 1. The molecule has 1 fully saturated rings. The molecular weight excluding hydrogens is 238 g/mol. The Morgan fingerprint density at radius 3 is 2.68 bits per heavy atom. The Morgan fingerprint density at radius 1 is 1.42 bits per heavy atom. The molecule has 1 saturated heterocycles. The standard InChI is InChI=1S/C16H23NO2/c1-3-15-14(11-16(18)19)9-10-17(15)12(2)13-7-5-4-6-8-13/h4-8,12,14-15H,3,9-11H2,1-2H3,(H,18,19)/t12-,14-,15?/m1/s1. The molecule has 0 aliphatic carbocycles. The highest BCUT2D eigenvalue weighted by molar-refractivity contribution is 5.67. The van der Waals surface area contributed by atoms with Gasteiger partial charge in [0.05, 0.1) is 0 Å². The lowest BCUT2D eigenvalue weighted by Gasteiger charge is -2.32. The molecule has 104 valence electrons. The van der Waals surface area contributed by atoms with Crippen molar-refractivity contribution in [3.63, 3.8) is 0 Å². The maximum absolute atomic E-state index is 10.9. The van der Waals surface area contributed by atoms with Crippen molar-refractivity contribution in [3.8, 4) is 0 Å². The van der Waals surface area contributed by atoms with E-state index in [9.17, 15) is 4.79 Å². The molecule has 1 aromatic carbocycles. The Balaban J connectivity index is 2.10. The lowest BCUT2D eigenvalue weighted by atomic mass is 9.94. The normalized spacial score (nSPS) is 25.4. The van der Waals surface area contributed by atoms with Crippen LogP contribution in [0, 0.1) is 5.92 Å². The summed E-state index contributed by atoms with van der Waals surface area (Å²) in [7, 11) is 0. The number of benzene rings is 1. The molecule has 0 bridgehead atoms. The van der Waals surface area contributed by atoms with E-state index in [1.807, 2.05) is 6.07 Å². The highest BCUT2D eigenvalue weighted by Crippen LogP contribution is 2.35. The van der Waals surface area contributed by atoms with Crippen molar-refractivity contribution in [2.75, 3.05) is 6.54 Å². The highest BCUT2D eigenvalue weighted by Gasteiger charge is 2.36. The zero-order valence-electron chi connectivity index (χ0n) is 11.7. The third-order valence-corrected chi connectivity index (χ3v) is 4.36.